The average molecular weight is 227 g/mol. The summed E-state index contributed by atoms with van der Waals surface area (Å²) in [5.74, 6) is 0. The van der Waals surface area contributed by atoms with Gasteiger partial charge in [-0.3, -0.25) is 0 Å². The molecule has 0 aromatic carbocycles. The van der Waals surface area contributed by atoms with Crippen LogP contribution < -0.4 is 0 Å². The number of likely N-dealkylation sites (tertiary alicyclic amines) is 1. The maximum Gasteiger partial charge on any atom is 0.0660 e. The van der Waals surface area contributed by atoms with Crippen molar-refractivity contribution < 1.29 is 5.11 Å². The van der Waals surface area contributed by atoms with E-state index in [4.69, 9.17) is 0 Å². The highest BCUT2D eigenvalue weighted by Gasteiger charge is 2.28. The van der Waals surface area contributed by atoms with E-state index >= 15 is 0 Å². The molecule has 1 saturated heterocycles. The molecule has 0 radical (unpaired) electrons. The first-order valence-corrected chi connectivity index (χ1v) is 7.15. The molecule has 1 heterocycles. The van der Waals surface area contributed by atoms with Gasteiger partial charge in [0.2, 0.25) is 0 Å². The van der Waals surface area contributed by atoms with Gasteiger partial charge in [0.25, 0.3) is 0 Å². The Balaban J connectivity index is 2.26. The lowest BCUT2D eigenvalue weighted by Crippen LogP contribution is -2.31. The average Bonchev–Trinajstić information content (AvgIpc) is 2.47. The quantitative estimate of drug-likeness (QED) is 0.704. The third-order valence-electron chi connectivity index (χ3n) is 3.95. The van der Waals surface area contributed by atoms with Gasteiger partial charge in [0.05, 0.1) is 5.60 Å². The molecular weight excluding hydrogens is 198 g/mol. The molecule has 1 unspecified atom stereocenters. The predicted octanol–water partition coefficient (Wildman–Crippen LogP) is 3.19. The highest BCUT2D eigenvalue weighted by molar-refractivity contribution is 4.83. The topological polar surface area (TPSA) is 23.5 Å². The normalized spacial score (nSPS) is 27.9. The molecule has 1 N–H and O–H groups in total. The van der Waals surface area contributed by atoms with E-state index in [9.17, 15) is 5.11 Å². The molecule has 2 nitrogen and oxygen atoms in total. The van der Waals surface area contributed by atoms with E-state index < -0.39 is 0 Å². The van der Waals surface area contributed by atoms with E-state index in [0.717, 1.165) is 38.8 Å². The molecule has 0 bridgehead atoms. The molecule has 1 atom stereocenters. The van der Waals surface area contributed by atoms with Crippen molar-refractivity contribution in [1.29, 1.82) is 0 Å². The van der Waals surface area contributed by atoms with Gasteiger partial charge in [0.1, 0.15) is 0 Å². The lowest BCUT2D eigenvalue weighted by molar-refractivity contribution is 0.0147. The highest BCUT2D eigenvalue weighted by atomic mass is 16.3. The van der Waals surface area contributed by atoms with Crippen LogP contribution in [0.1, 0.15) is 65.2 Å². The third kappa shape index (κ3) is 4.84. The van der Waals surface area contributed by atoms with Crippen LogP contribution in [-0.2, 0) is 0 Å². The zero-order chi connectivity index (χ0) is 11.9. The van der Waals surface area contributed by atoms with Gasteiger partial charge in [-0.05, 0) is 38.8 Å². The fraction of sp³-hybridized carbons (Fsp3) is 1.00. The molecule has 0 amide bonds. The second-order valence-corrected chi connectivity index (χ2v) is 5.32. The second kappa shape index (κ2) is 7.29. The summed E-state index contributed by atoms with van der Waals surface area (Å²) in [5.41, 5.74) is -0.350. The van der Waals surface area contributed by atoms with Crippen LogP contribution in [0, 0.1) is 0 Å². The Kier molecular flexibility index (Phi) is 6.37. The molecule has 1 aliphatic heterocycles. The summed E-state index contributed by atoms with van der Waals surface area (Å²) in [6.45, 7) is 7.84. The van der Waals surface area contributed by atoms with Gasteiger partial charge in [0, 0.05) is 6.54 Å². The van der Waals surface area contributed by atoms with Crippen molar-refractivity contribution in [2.24, 2.45) is 0 Å². The number of hydrogen-bond acceptors (Lipinski definition) is 2. The molecule has 1 fully saturated rings. The van der Waals surface area contributed by atoms with Gasteiger partial charge in [-0.25, -0.2) is 0 Å². The van der Waals surface area contributed by atoms with Crippen molar-refractivity contribution >= 4 is 0 Å². The lowest BCUT2D eigenvalue weighted by atomic mass is 9.89. The molecule has 1 rings (SSSR count). The van der Waals surface area contributed by atoms with Crippen molar-refractivity contribution in [3.8, 4) is 0 Å². The van der Waals surface area contributed by atoms with Gasteiger partial charge in [0.15, 0.2) is 0 Å². The van der Waals surface area contributed by atoms with Crippen LogP contribution in [0.25, 0.3) is 0 Å². The highest BCUT2D eigenvalue weighted by Crippen LogP contribution is 2.27. The van der Waals surface area contributed by atoms with Crippen LogP contribution in [0.3, 0.4) is 0 Å². The summed E-state index contributed by atoms with van der Waals surface area (Å²) in [5, 5.41) is 10.5. The summed E-state index contributed by atoms with van der Waals surface area (Å²) < 4.78 is 0. The molecule has 1 aliphatic rings. The Bertz CT molecular complexity index is 184. The Hall–Kier alpha value is -0.0800. The molecule has 2 heteroatoms. The van der Waals surface area contributed by atoms with Crippen LogP contribution >= 0.6 is 0 Å². The Morgan fingerprint density at radius 2 is 1.88 bits per heavy atom. The summed E-state index contributed by atoms with van der Waals surface area (Å²) in [6, 6.07) is 0. The Morgan fingerprint density at radius 1 is 1.06 bits per heavy atom. The van der Waals surface area contributed by atoms with Crippen molar-refractivity contribution in [3.05, 3.63) is 0 Å². The molecular formula is C14H29NO. The molecule has 0 aromatic heterocycles. The van der Waals surface area contributed by atoms with E-state index in [1.54, 1.807) is 0 Å². The number of unbranched alkanes of at least 4 members (excludes halogenated alkanes) is 3. The zero-order valence-corrected chi connectivity index (χ0v) is 11.2. The lowest BCUT2D eigenvalue weighted by Gasteiger charge is -2.26. The van der Waals surface area contributed by atoms with E-state index in [2.05, 4.69) is 18.7 Å². The maximum atomic E-state index is 10.5. The number of aliphatic hydroxyl groups is 1. The minimum Gasteiger partial charge on any atom is -0.390 e. The van der Waals surface area contributed by atoms with Gasteiger partial charge in [-0.2, -0.15) is 0 Å². The summed E-state index contributed by atoms with van der Waals surface area (Å²) >= 11 is 0. The Morgan fingerprint density at radius 3 is 2.56 bits per heavy atom. The summed E-state index contributed by atoms with van der Waals surface area (Å²) in [6.07, 6.45) is 9.26. The standard InChI is InChI=1S/C14H29NO/c1-3-5-6-7-9-14(16)10-8-12-15(4-2)13-11-14/h16H,3-13H2,1-2H3. The smallest absolute Gasteiger partial charge is 0.0660 e. The van der Waals surface area contributed by atoms with Crippen molar-refractivity contribution in [1.82, 2.24) is 4.90 Å². The summed E-state index contributed by atoms with van der Waals surface area (Å²) in [7, 11) is 0. The van der Waals surface area contributed by atoms with E-state index in [1.807, 2.05) is 0 Å². The third-order valence-corrected chi connectivity index (χ3v) is 3.95. The van der Waals surface area contributed by atoms with E-state index in [0.29, 0.717) is 0 Å². The minimum atomic E-state index is -0.350. The first-order valence-electron chi connectivity index (χ1n) is 7.15. The van der Waals surface area contributed by atoms with Gasteiger partial charge in [-0.1, -0.05) is 39.5 Å². The van der Waals surface area contributed by atoms with Crippen LogP contribution in [-0.4, -0.2) is 35.2 Å². The second-order valence-electron chi connectivity index (χ2n) is 5.32. The van der Waals surface area contributed by atoms with Gasteiger partial charge < -0.3 is 10.0 Å². The van der Waals surface area contributed by atoms with Crippen molar-refractivity contribution in [3.63, 3.8) is 0 Å². The maximum absolute atomic E-state index is 10.5. The van der Waals surface area contributed by atoms with Crippen LogP contribution in [0.5, 0.6) is 0 Å². The number of nitrogens with zero attached hydrogens (tertiary/aromatic N) is 1. The molecule has 0 aliphatic carbocycles. The first kappa shape index (κ1) is 14.0. The van der Waals surface area contributed by atoms with Gasteiger partial charge >= 0.3 is 0 Å². The predicted molar refractivity (Wildman–Crippen MR) is 69.7 cm³/mol. The fourth-order valence-electron chi connectivity index (χ4n) is 2.68. The number of hydrogen-bond donors (Lipinski definition) is 1. The van der Waals surface area contributed by atoms with Gasteiger partial charge in [-0.15, -0.1) is 0 Å². The first-order chi connectivity index (χ1) is 7.70. The molecule has 0 aromatic rings. The monoisotopic (exact) mass is 227 g/mol. The van der Waals surface area contributed by atoms with Crippen molar-refractivity contribution in [2.45, 2.75) is 70.8 Å². The number of rotatable bonds is 6. The van der Waals surface area contributed by atoms with Crippen LogP contribution in [0.2, 0.25) is 0 Å². The van der Waals surface area contributed by atoms with Crippen molar-refractivity contribution in [2.75, 3.05) is 19.6 Å². The SMILES string of the molecule is CCCCCCC1(O)CCCN(CC)CC1. The van der Waals surface area contributed by atoms with Crippen LogP contribution in [0.15, 0.2) is 0 Å². The van der Waals surface area contributed by atoms with E-state index in [-0.39, 0.29) is 5.60 Å². The summed E-state index contributed by atoms with van der Waals surface area (Å²) in [4.78, 5) is 2.46. The molecule has 0 spiro atoms. The van der Waals surface area contributed by atoms with Crippen LogP contribution in [0.4, 0.5) is 0 Å². The zero-order valence-electron chi connectivity index (χ0n) is 11.2. The molecule has 0 saturated carbocycles. The molecule has 16 heavy (non-hydrogen) atoms. The fourth-order valence-corrected chi connectivity index (χ4v) is 2.68. The minimum absolute atomic E-state index is 0.350. The van der Waals surface area contributed by atoms with E-state index in [1.165, 1.54) is 32.2 Å². The largest absolute Gasteiger partial charge is 0.390 e. The molecule has 96 valence electrons. The Labute approximate surface area is 101 Å².